The van der Waals surface area contributed by atoms with Crippen LogP contribution < -0.4 is 5.32 Å². The fourth-order valence-electron chi connectivity index (χ4n) is 3.34. The molecule has 0 unspecified atom stereocenters. The molecule has 136 valence electrons. The fourth-order valence-corrected chi connectivity index (χ4v) is 3.34. The first-order chi connectivity index (χ1) is 10.8. The summed E-state index contributed by atoms with van der Waals surface area (Å²) >= 11 is 0. The van der Waals surface area contributed by atoms with Gasteiger partial charge in [-0.15, -0.1) is 24.8 Å². The summed E-state index contributed by atoms with van der Waals surface area (Å²) < 4.78 is 7.26. The van der Waals surface area contributed by atoms with Crippen molar-refractivity contribution < 1.29 is 4.52 Å². The maximum atomic E-state index is 5.31. The molecule has 2 aromatic rings. The van der Waals surface area contributed by atoms with E-state index in [2.05, 4.69) is 23.6 Å². The average Bonchev–Trinajstić information content (AvgIpc) is 3.15. The molecule has 5 nitrogen and oxygen atoms in total. The molecule has 0 radical (unpaired) electrons. The third-order valence-electron chi connectivity index (χ3n) is 4.51. The molecule has 3 rings (SSSR count). The average molecular weight is 375 g/mol. The van der Waals surface area contributed by atoms with Crippen LogP contribution in [0.2, 0.25) is 0 Å². The third kappa shape index (κ3) is 5.23. The summed E-state index contributed by atoms with van der Waals surface area (Å²) in [6, 6.07) is 2.03. The van der Waals surface area contributed by atoms with Crippen molar-refractivity contribution in [2.45, 2.75) is 64.5 Å². The maximum Gasteiger partial charge on any atom is 0.150 e. The van der Waals surface area contributed by atoms with Crippen LogP contribution >= 0.6 is 24.8 Å². The summed E-state index contributed by atoms with van der Waals surface area (Å²) in [5.74, 6) is 1.55. The summed E-state index contributed by atoms with van der Waals surface area (Å²) in [6.45, 7) is 3.63. The van der Waals surface area contributed by atoms with E-state index in [0.29, 0.717) is 12.5 Å². The van der Waals surface area contributed by atoms with Gasteiger partial charge in [-0.2, -0.15) is 5.10 Å². The number of hydrogen-bond donors (Lipinski definition) is 1. The molecule has 0 bridgehead atoms. The Kier molecular flexibility index (Phi) is 8.81. The SMILES string of the molecule is CCc1cc(CNCc2cn(C)nc2C2CCCCC2)on1.Cl.Cl. The van der Waals surface area contributed by atoms with Crippen molar-refractivity contribution in [3.63, 3.8) is 0 Å². The molecule has 0 aliphatic heterocycles. The van der Waals surface area contributed by atoms with Gasteiger partial charge in [0, 0.05) is 37.3 Å². The highest BCUT2D eigenvalue weighted by atomic mass is 35.5. The van der Waals surface area contributed by atoms with Crippen molar-refractivity contribution in [2.75, 3.05) is 0 Å². The van der Waals surface area contributed by atoms with E-state index in [1.54, 1.807) is 0 Å². The van der Waals surface area contributed by atoms with Crippen LogP contribution in [0.1, 0.15) is 67.7 Å². The Morgan fingerprint density at radius 2 is 1.96 bits per heavy atom. The van der Waals surface area contributed by atoms with Crippen LogP contribution in [-0.4, -0.2) is 14.9 Å². The summed E-state index contributed by atoms with van der Waals surface area (Å²) in [6.07, 6.45) is 9.69. The minimum absolute atomic E-state index is 0. The quantitative estimate of drug-likeness (QED) is 0.824. The normalized spacial score (nSPS) is 14.9. The first kappa shape index (κ1) is 21.0. The molecule has 0 atom stereocenters. The Balaban J connectivity index is 0.00000144. The molecule has 1 N–H and O–H groups in total. The topological polar surface area (TPSA) is 55.9 Å². The van der Waals surface area contributed by atoms with Gasteiger partial charge in [0.1, 0.15) is 0 Å². The van der Waals surface area contributed by atoms with E-state index < -0.39 is 0 Å². The van der Waals surface area contributed by atoms with Gasteiger partial charge in [-0.25, -0.2) is 0 Å². The third-order valence-corrected chi connectivity index (χ3v) is 4.51. The van der Waals surface area contributed by atoms with Crippen LogP contribution in [0.25, 0.3) is 0 Å². The lowest BCUT2D eigenvalue weighted by Crippen LogP contribution is -2.15. The van der Waals surface area contributed by atoms with Crippen LogP contribution in [0.4, 0.5) is 0 Å². The number of aryl methyl sites for hydroxylation is 2. The van der Waals surface area contributed by atoms with Crippen LogP contribution in [-0.2, 0) is 26.6 Å². The van der Waals surface area contributed by atoms with Crippen molar-refractivity contribution >= 4 is 24.8 Å². The van der Waals surface area contributed by atoms with E-state index in [1.807, 2.05) is 17.8 Å². The zero-order valence-electron chi connectivity index (χ0n) is 14.5. The Bertz CT molecular complexity index is 606. The van der Waals surface area contributed by atoms with E-state index in [4.69, 9.17) is 9.62 Å². The van der Waals surface area contributed by atoms with Gasteiger partial charge in [-0.05, 0) is 19.3 Å². The number of hydrogen-bond acceptors (Lipinski definition) is 4. The Morgan fingerprint density at radius 3 is 2.62 bits per heavy atom. The summed E-state index contributed by atoms with van der Waals surface area (Å²) in [4.78, 5) is 0. The van der Waals surface area contributed by atoms with E-state index in [1.165, 1.54) is 43.4 Å². The van der Waals surface area contributed by atoms with E-state index in [0.717, 1.165) is 24.4 Å². The lowest BCUT2D eigenvalue weighted by atomic mass is 9.85. The molecule has 1 fully saturated rings. The van der Waals surface area contributed by atoms with E-state index in [9.17, 15) is 0 Å². The minimum Gasteiger partial charge on any atom is -0.360 e. The van der Waals surface area contributed by atoms with Crippen molar-refractivity contribution in [1.82, 2.24) is 20.3 Å². The lowest BCUT2D eigenvalue weighted by molar-refractivity contribution is 0.367. The van der Waals surface area contributed by atoms with Gasteiger partial charge in [0.25, 0.3) is 0 Å². The summed E-state index contributed by atoms with van der Waals surface area (Å²) in [5.41, 5.74) is 3.63. The standard InChI is InChI=1S/C17H26N4O.2ClH/c1-3-15-9-16(22-20-15)11-18-10-14-12-21(2)19-17(14)13-7-5-4-6-8-13;;/h9,12-13,18H,3-8,10-11H2,1-2H3;2*1H. The highest BCUT2D eigenvalue weighted by Crippen LogP contribution is 2.33. The molecule has 1 aliphatic rings. The van der Waals surface area contributed by atoms with Gasteiger partial charge in [0.05, 0.1) is 17.9 Å². The monoisotopic (exact) mass is 374 g/mol. The number of nitrogens with zero attached hydrogens (tertiary/aromatic N) is 3. The summed E-state index contributed by atoms with van der Waals surface area (Å²) in [7, 11) is 2.01. The molecule has 24 heavy (non-hydrogen) atoms. The van der Waals surface area contributed by atoms with Crippen molar-refractivity contribution in [3.8, 4) is 0 Å². The Labute approximate surface area is 156 Å². The van der Waals surface area contributed by atoms with Crippen LogP contribution in [0, 0.1) is 0 Å². The Hall–Kier alpha value is -1.04. The zero-order valence-corrected chi connectivity index (χ0v) is 16.1. The molecular formula is C17H28Cl2N4O. The van der Waals surface area contributed by atoms with Crippen LogP contribution in [0.3, 0.4) is 0 Å². The number of aromatic nitrogens is 3. The van der Waals surface area contributed by atoms with Crippen molar-refractivity contribution in [1.29, 1.82) is 0 Å². The predicted molar refractivity (Wildman–Crippen MR) is 100.0 cm³/mol. The van der Waals surface area contributed by atoms with E-state index >= 15 is 0 Å². The highest BCUT2D eigenvalue weighted by Gasteiger charge is 2.21. The molecule has 2 aromatic heterocycles. The molecule has 0 aromatic carbocycles. The summed E-state index contributed by atoms with van der Waals surface area (Å²) in [5, 5.41) is 12.2. The van der Waals surface area contributed by atoms with Gasteiger partial charge in [-0.3, -0.25) is 4.68 Å². The largest absolute Gasteiger partial charge is 0.360 e. The van der Waals surface area contributed by atoms with Crippen molar-refractivity contribution in [3.05, 3.63) is 35.0 Å². The fraction of sp³-hybridized carbons (Fsp3) is 0.647. The van der Waals surface area contributed by atoms with Gasteiger partial charge in [0.15, 0.2) is 5.76 Å². The number of rotatable bonds is 6. The number of halogens is 2. The van der Waals surface area contributed by atoms with Crippen molar-refractivity contribution in [2.24, 2.45) is 7.05 Å². The second-order valence-electron chi connectivity index (χ2n) is 6.29. The van der Waals surface area contributed by atoms with Gasteiger partial charge in [-0.1, -0.05) is 31.3 Å². The molecule has 1 saturated carbocycles. The molecule has 7 heteroatoms. The molecule has 0 saturated heterocycles. The molecule has 0 amide bonds. The Morgan fingerprint density at radius 1 is 1.21 bits per heavy atom. The van der Waals surface area contributed by atoms with Crippen LogP contribution in [0.15, 0.2) is 16.8 Å². The molecule has 0 spiro atoms. The molecule has 2 heterocycles. The van der Waals surface area contributed by atoms with Crippen LogP contribution in [0.5, 0.6) is 0 Å². The number of nitrogens with one attached hydrogen (secondary N) is 1. The van der Waals surface area contributed by atoms with Gasteiger partial charge in [0.2, 0.25) is 0 Å². The molecular weight excluding hydrogens is 347 g/mol. The second kappa shape index (κ2) is 10.1. The van der Waals surface area contributed by atoms with E-state index in [-0.39, 0.29) is 24.8 Å². The molecule has 1 aliphatic carbocycles. The van der Waals surface area contributed by atoms with Gasteiger partial charge < -0.3 is 9.84 Å². The smallest absolute Gasteiger partial charge is 0.150 e. The highest BCUT2D eigenvalue weighted by molar-refractivity contribution is 5.85. The van der Waals surface area contributed by atoms with Gasteiger partial charge >= 0.3 is 0 Å². The zero-order chi connectivity index (χ0) is 15.4. The lowest BCUT2D eigenvalue weighted by Gasteiger charge is -2.21. The first-order valence-electron chi connectivity index (χ1n) is 8.44. The maximum absolute atomic E-state index is 5.31. The minimum atomic E-state index is 0. The second-order valence-corrected chi connectivity index (χ2v) is 6.29. The predicted octanol–water partition coefficient (Wildman–Crippen LogP) is 4.15. The first-order valence-corrected chi connectivity index (χ1v) is 8.44.